The topological polar surface area (TPSA) is 89.0 Å². The van der Waals surface area contributed by atoms with E-state index in [1.54, 1.807) is 24.3 Å². The number of nitro benzene ring substituents is 1. The molecule has 0 saturated heterocycles. The molecule has 1 aromatic carbocycles. The predicted octanol–water partition coefficient (Wildman–Crippen LogP) is 3.34. The number of nitro groups is 1. The molecule has 2 rings (SSSR count). The maximum absolute atomic E-state index is 11.1. The van der Waals surface area contributed by atoms with E-state index < -0.39 is 4.92 Å². The van der Waals surface area contributed by atoms with Crippen molar-refractivity contribution in [3.8, 4) is 11.8 Å². The number of nitriles is 1. The van der Waals surface area contributed by atoms with Crippen molar-refractivity contribution in [2.24, 2.45) is 0 Å². The first kappa shape index (κ1) is 14.9. The van der Waals surface area contributed by atoms with E-state index in [4.69, 9.17) is 10.00 Å². The lowest BCUT2D eigenvalue weighted by Crippen LogP contribution is -2.00. The summed E-state index contributed by atoms with van der Waals surface area (Å²) in [4.78, 5) is 14.4. The molecule has 1 aromatic heterocycles. The van der Waals surface area contributed by atoms with Crippen molar-refractivity contribution in [1.29, 1.82) is 5.26 Å². The Hall–Kier alpha value is -2.46. The third-order valence-electron chi connectivity index (χ3n) is 2.71. The zero-order chi connectivity index (χ0) is 15.2. The van der Waals surface area contributed by atoms with Gasteiger partial charge >= 0.3 is 5.69 Å². The molecule has 6 nitrogen and oxygen atoms in total. The fourth-order valence-electron chi connectivity index (χ4n) is 1.70. The summed E-state index contributed by atoms with van der Waals surface area (Å²) in [5.74, 6) is 0.194. The number of rotatable bonds is 5. The maximum atomic E-state index is 11.1. The lowest BCUT2D eigenvalue weighted by atomic mass is 10.2. The Morgan fingerprint density at radius 2 is 2.14 bits per heavy atom. The van der Waals surface area contributed by atoms with E-state index in [0.29, 0.717) is 5.33 Å². The van der Waals surface area contributed by atoms with E-state index in [2.05, 4.69) is 20.9 Å². The summed E-state index contributed by atoms with van der Waals surface area (Å²) in [6.45, 7) is 0.131. The van der Waals surface area contributed by atoms with Gasteiger partial charge in [0.2, 0.25) is 0 Å². The summed E-state index contributed by atoms with van der Waals surface area (Å²) in [7, 11) is 0. The molecule has 0 aliphatic rings. The minimum atomic E-state index is -0.477. The first-order valence-electron chi connectivity index (χ1n) is 5.95. The van der Waals surface area contributed by atoms with Gasteiger partial charge in [-0.1, -0.05) is 22.0 Å². The highest BCUT2D eigenvalue weighted by atomic mass is 79.9. The molecule has 0 atom stereocenters. The van der Waals surface area contributed by atoms with Gasteiger partial charge in [0.1, 0.15) is 18.4 Å². The molecular weight excluding hydrogens is 338 g/mol. The highest BCUT2D eigenvalue weighted by molar-refractivity contribution is 9.08. The first-order valence-corrected chi connectivity index (χ1v) is 7.07. The molecule has 0 spiro atoms. The van der Waals surface area contributed by atoms with Crippen molar-refractivity contribution in [2.75, 3.05) is 0 Å². The van der Waals surface area contributed by atoms with Gasteiger partial charge in [0.15, 0.2) is 5.75 Å². The Morgan fingerprint density at radius 3 is 2.81 bits per heavy atom. The summed E-state index contributed by atoms with van der Waals surface area (Å²) < 4.78 is 5.49. The van der Waals surface area contributed by atoms with Gasteiger partial charge in [0.25, 0.3) is 0 Å². The smallest absolute Gasteiger partial charge is 0.311 e. The maximum Gasteiger partial charge on any atom is 0.311 e. The van der Waals surface area contributed by atoms with Crippen molar-refractivity contribution in [1.82, 2.24) is 4.98 Å². The molecule has 0 fully saturated rings. The van der Waals surface area contributed by atoms with Gasteiger partial charge in [0.05, 0.1) is 4.92 Å². The zero-order valence-electron chi connectivity index (χ0n) is 10.8. The van der Waals surface area contributed by atoms with Gasteiger partial charge in [-0.05, 0) is 29.3 Å². The minimum Gasteiger partial charge on any atom is -0.482 e. The highest BCUT2D eigenvalue weighted by Crippen LogP contribution is 2.29. The molecule has 106 valence electrons. The number of ether oxygens (including phenoxy) is 1. The summed E-state index contributed by atoms with van der Waals surface area (Å²) in [5.41, 5.74) is 1.71. The van der Waals surface area contributed by atoms with Gasteiger partial charge in [-0.2, -0.15) is 5.26 Å². The first-order chi connectivity index (χ1) is 10.1. The van der Waals surface area contributed by atoms with Crippen LogP contribution in [-0.4, -0.2) is 9.91 Å². The molecule has 0 radical (unpaired) electrons. The van der Waals surface area contributed by atoms with E-state index in [1.807, 2.05) is 6.07 Å². The highest BCUT2D eigenvalue weighted by Gasteiger charge is 2.16. The molecule has 0 N–H and O–H groups in total. The monoisotopic (exact) mass is 347 g/mol. The van der Waals surface area contributed by atoms with Crippen molar-refractivity contribution >= 4 is 21.6 Å². The van der Waals surface area contributed by atoms with Crippen molar-refractivity contribution in [2.45, 2.75) is 11.9 Å². The Bertz CT molecular complexity index is 713. The second-order valence-corrected chi connectivity index (χ2v) is 4.70. The average molecular weight is 348 g/mol. The SMILES string of the molecule is N#Cc1cc(COc2ccc(CBr)cc2[N+](=O)[O-])ccn1. The second kappa shape index (κ2) is 6.81. The van der Waals surface area contributed by atoms with Crippen LogP contribution >= 0.6 is 15.9 Å². The van der Waals surface area contributed by atoms with Crippen LogP contribution in [0.4, 0.5) is 5.69 Å². The number of benzene rings is 1. The van der Waals surface area contributed by atoms with Crippen LogP contribution in [0.25, 0.3) is 0 Å². The number of hydrogen-bond donors (Lipinski definition) is 0. The largest absolute Gasteiger partial charge is 0.482 e. The molecule has 0 amide bonds. The van der Waals surface area contributed by atoms with E-state index in [-0.39, 0.29) is 23.7 Å². The molecule has 7 heteroatoms. The fourth-order valence-corrected chi connectivity index (χ4v) is 2.05. The average Bonchev–Trinajstić information content (AvgIpc) is 2.52. The quantitative estimate of drug-likeness (QED) is 0.470. The summed E-state index contributed by atoms with van der Waals surface area (Å²) in [5, 5.41) is 20.4. The summed E-state index contributed by atoms with van der Waals surface area (Å²) in [6.07, 6.45) is 1.50. The zero-order valence-corrected chi connectivity index (χ0v) is 12.4. The lowest BCUT2D eigenvalue weighted by Gasteiger charge is -2.08. The Morgan fingerprint density at radius 1 is 1.33 bits per heavy atom. The normalized spacial score (nSPS) is 9.90. The van der Waals surface area contributed by atoms with Crippen LogP contribution < -0.4 is 4.74 Å². The van der Waals surface area contributed by atoms with Gasteiger partial charge in [-0.15, -0.1) is 0 Å². The summed E-state index contributed by atoms with van der Waals surface area (Å²) in [6, 6.07) is 10.0. The molecule has 0 saturated carbocycles. The number of halogens is 1. The number of aromatic nitrogens is 1. The van der Waals surface area contributed by atoms with Gasteiger partial charge in [0, 0.05) is 17.6 Å². The second-order valence-electron chi connectivity index (χ2n) is 4.14. The van der Waals surface area contributed by atoms with Crippen molar-refractivity contribution in [3.05, 3.63) is 63.5 Å². The molecule has 0 unspecified atom stereocenters. The van der Waals surface area contributed by atoms with Crippen LogP contribution in [0.2, 0.25) is 0 Å². The van der Waals surface area contributed by atoms with E-state index in [1.165, 1.54) is 12.3 Å². The lowest BCUT2D eigenvalue weighted by molar-refractivity contribution is -0.386. The van der Waals surface area contributed by atoms with Crippen molar-refractivity contribution in [3.63, 3.8) is 0 Å². The Labute approximate surface area is 129 Å². The minimum absolute atomic E-state index is 0.0819. The number of alkyl halides is 1. The van der Waals surface area contributed by atoms with Crippen molar-refractivity contribution < 1.29 is 9.66 Å². The fraction of sp³-hybridized carbons (Fsp3) is 0.143. The Kier molecular flexibility index (Phi) is 4.85. The van der Waals surface area contributed by atoms with E-state index >= 15 is 0 Å². The third kappa shape index (κ3) is 3.77. The third-order valence-corrected chi connectivity index (χ3v) is 3.36. The molecule has 21 heavy (non-hydrogen) atoms. The van der Waals surface area contributed by atoms with Crippen LogP contribution in [0.15, 0.2) is 36.5 Å². The van der Waals surface area contributed by atoms with Gasteiger partial charge in [-0.3, -0.25) is 10.1 Å². The number of hydrogen-bond acceptors (Lipinski definition) is 5. The Balaban J connectivity index is 2.19. The van der Waals surface area contributed by atoms with E-state index in [0.717, 1.165) is 11.1 Å². The molecule has 0 aliphatic carbocycles. The van der Waals surface area contributed by atoms with Crippen LogP contribution in [0, 0.1) is 21.4 Å². The summed E-state index contributed by atoms with van der Waals surface area (Å²) >= 11 is 3.26. The predicted molar refractivity (Wildman–Crippen MR) is 79.0 cm³/mol. The molecule has 1 heterocycles. The number of nitrogens with zero attached hydrogens (tertiary/aromatic N) is 3. The van der Waals surface area contributed by atoms with Crippen LogP contribution in [0.1, 0.15) is 16.8 Å². The van der Waals surface area contributed by atoms with Crippen LogP contribution in [-0.2, 0) is 11.9 Å². The molecule has 0 bridgehead atoms. The molecule has 2 aromatic rings. The van der Waals surface area contributed by atoms with E-state index in [9.17, 15) is 10.1 Å². The molecule has 0 aliphatic heterocycles. The van der Waals surface area contributed by atoms with Gasteiger partial charge < -0.3 is 4.74 Å². The van der Waals surface area contributed by atoms with Crippen LogP contribution in [0.3, 0.4) is 0 Å². The molecular formula is C14H10BrN3O3. The van der Waals surface area contributed by atoms with Gasteiger partial charge in [-0.25, -0.2) is 4.98 Å². The van der Waals surface area contributed by atoms with Crippen LogP contribution in [0.5, 0.6) is 5.75 Å². The number of pyridine rings is 1. The standard InChI is InChI=1S/C14H10BrN3O3/c15-7-10-1-2-14(13(6-10)18(19)20)21-9-11-3-4-17-12(5-11)8-16/h1-6H,7,9H2.